The lowest BCUT2D eigenvalue weighted by atomic mass is 10.2. The van der Waals surface area contributed by atoms with Gasteiger partial charge in [0.2, 0.25) is 5.88 Å². The van der Waals surface area contributed by atoms with E-state index in [1.807, 2.05) is 11.4 Å². The SMILES string of the molecule is Cc1cc(=O)n(-c2ccc(Br)cc2F)nc1C(=O)Nc1ccc(Oc2ncnc3sccc23)cc1. The molecule has 0 spiro atoms. The Kier molecular flexibility index (Phi) is 6.10. The zero-order valence-corrected chi connectivity index (χ0v) is 20.4. The van der Waals surface area contributed by atoms with Crippen LogP contribution in [0.25, 0.3) is 15.9 Å². The van der Waals surface area contributed by atoms with Crippen molar-refractivity contribution in [1.82, 2.24) is 19.7 Å². The Hall–Kier alpha value is -3.96. The predicted molar refractivity (Wildman–Crippen MR) is 134 cm³/mol. The number of carbonyl (C=O) groups excluding carboxylic acids is 1. The number of fused-ring (bicyclic) bond motifs is 1. The first-order valence-corrected chi connectivity index (χ1v) is 11.9. The Morgan fingerprint density at radius 1 is 1.11 bits per heavy atom. The number of ether oxygens (including phenoxy) is 1. The molecule has 0 aliphatic rings. The van der Waals surface area contributed by atoms with Crippen molar-refractivity contribution >= 4 is 49.1 Å². The molecule has 174 valence electrons. The highest BCUT2D eigenvalue weighted by atomic mass is 79.9. The van der Waals surface area contributed by atoms with Gasteiger partial charge in [0, 0.05) is 16.2 Å². The second-order valence-corrected chi connectivity index (χ2v) is 9.23. The number of halogens is 2. The summed E-state index contributed by atoms with van der Waals surface area (Å²) in [5.41, 5.74) is 0.238. The molecule has 2 aromatic carbocycles. The third-order valence-corrected chi connectivity index (χ3v) is 6.34. The number of rotatable bonds is 5. The number of amides is 1. The molecule has 0 fully saturated rings. The quantitative estimate of drug-likeness (QED) is 0.310. The van der Waals surface area contributed by atoms with Gasteiger partial charge in [-0.15, -0.1) is 11.3 Å². The summed E-state index contributed by atoms with van der Waals surface area (Å²) in [6.45, 7) is 1.59. The Labute approximate surface area is 210 Å². The van der Waals surface area contributed by atoms with Crippen molar-refractivity contribution in [2.75, 3.05) is 5.32 Å². The number of hydrogen-bond acceptors (Lipinski definition) is 7. The zero-order chi connectivity index (χ0) is 24.5. The van der Waals surface area contributed by atoms with Gasteiger partial charge in [-0.1, -0.05) is 15.9 Å². The lowest BCUT2D eigenvalue weighted by Gasteiger charge is -2.11. The summed E-state index contributed by atoms with van der Waals surface area (Å²) in [6.07, 6.45) is 1.44. The fraction of sp³-hybridized carbons (Fsp3) is 0.0417. The monoisotopic (exact) mass is 551 g/mol. The van der Waals surface area contributed by atoms with Gasteiger partial charge in [-0.25, -0.2) is 14.4 Å². The van der Waals surface area contributed by atoms with Crippen LogP contribution in [0.3, 0.4) is 0 Å². The fourth-order valence-electron chi connectivity index (χ4n) is 3.35. The van der Waals surface area contributed by atoms with Crippen LogP contribution in [-0.2, 0) is 0 Å². The molecule has 0 aliphatic carbocycles. The molecular weight excluding hydrogens is 537 g/mol. The minimum atomic E-state index is -0.650. The van der Waals surface area contributed by atoms with Crippen LogP contribution in [0.1, 0.15) is 16.1 Å². The van der Waals surface area contributed by atoms with Crippen molar-refractivity contribution in [2.24, 2.45) is 0 Å². The first-order valence-electron chi connectivity index (χ1n) is 10.2. The molecule has 0 radical (unpaired) electrons. The van der Waals surface area contributed by atoms with Crippen LogP contribution in [0.4, 0.5) is 10.1 Å². The number of thiophene rings is 1. The topological polar surface area (TPSA) is 99.0 Å². The molecule has 3 aromatic heterocycles. The third-order valence-electron chi connectivity index (χ3n) is 5.03. The Bertz CT molecular complexity index is 1640. The number of hydrogen-bond donors (Lipinski definition) is 1. The molecule has 1 N–H and O–H groups in total. The Balaban J connectivity index is 1.37. The maximum Gasteiger partial charge on any atom is 0.276 e. The molecule has 0 atom stereocenters. The van der Waals surface area contributed by atoms with Crippen molar-refractivity contribution in [3.8, 4) is 17.3 Å². The predicted octanol–water partition coefficient (Wildman–Crippen LogP) is 5.49. The van der Waals surface area contributed by atoms with Crippen molar-refractivity contribution in [2.45, 2.75) is 6.92 Å². The van der Waals surface area contributed by atoms with Gasteiger partial charge in [0.25, 0.3) is 11.5 Å². The van der Waals surface area contributed by atoms with Gasteiger partial charge >= 0.3 is 0 Å². The molecule has 0 saturated carbocycles. The lowest BCUT2D eigenvalue weighted by molar-refractivity contribution is 0.102. The maximum atomic E-state index is 14.4. The number of benzene rings is 2. The molecular formula is C24H15BrFN5O3S. The standard InChI is InChI=1S/C24H15BrFN5O3S/c1-13-10-20(32)31(19-7-2-14(25)11-18(19)26)30-21(13)22(33)29-15-3-5-16(6-4-15)34-23-17-8-9-35-24(17)28-12-27-23/h2-12H,1H3,(H,29,33). The summed E-state index contributed by atoms with van der Waals surface area (Å²) in [5.74, 6) is -0.223. The Morgan fingerprint density at radius 2 is 1.91 bits per heavy atom. The number of nitrogens with one attached hydrogen (secondary N) is 1. The van der Waals surface area contributed by atoms with Crippen LogP contribution in [0, 0.1) is 12.7 Å². The van der Waals surface area contributed by atoms with Crippen molar-refractivity contribution in [1.29, 1.82) is 0 Å². The molecule has 1 amide bonds. The molecule has 0 aliphatic heterocycles. The van der Waals surface area contributed by atoms with Gasteiger partial charge in [0.05, 0.1) is 5.39 Å². The molecule has 3 heterocycles. The van der Waals surface area contributed by atoms with Crippen molar-refractivity contribution < 1.29 is 13.9 Å². The van der Waals surface area contributed by atoms with E-state index in [9.17, 15) is 14.0 Å². The van der Waals surface area contributed by atoms with Crippen LogP contribution in [0.2, 0.25) is 0 Å². The molecule has 11 heteroatoms. The minimum absolute atomic E-state index is 0.00641. The van der Waals surface area contributed by atoms with Gasteiger partial charge in [-0.05, 0) is 66.4 Å². The molecule has 0 bridgehead atoms. The van der Waals surface area contributed by atoms with E-state index in [-0.39, 0.29) is 11.4 Å². The number of aryl methyl sites for hydroxylation is 1. The van der Waals surface area contributed by atoms with Gasteiger partial charge in [-0.3, -0.25) is 9.59 Å². The van der Waals surface area contributed by atoms with Crippen LogP contribution in [0.5, 0.6) is 11.6 Å². The number of carbonyl (C=O) groups is 1. The Morgan fingerprint density at radius 3 is 2.69 bits per heavy atom. The van der Waals surface area contributed by atoms with E-state index in [1.165, 1.54) is 35.9 Å². The van der Waals surface area contributed by atoms with E-state index in [0.717, 1.165) is 14.9 Å². The number of nitrogens with zero attached hydrogens (tertiary/aromatic N) is 4. The highest BCUT2D eigenvalue weighted by molar-refractivity contribution is 9.10. The normalized spacial score (nSPS) is 10.9. The van der Waals surface area contributed by atoms with Crippen molar-refractivity contribution in [3.63, 3.8) is 0 Å². The fourth-order valence-corrected chi connectivity index (χ4v) is 4.41. The van der Waals surface area contributed by atoms with Gasteiger partial charge in [0.1, 0.15) is 28.4 Å². The van der Waals surface area contributed by atoms with Crippen LogP contribution in [-0.4, -0.2) is 25.7 Å². The number of aromatic nitrogens is 4. The van der Waals surface area contributed by atoms with Gasteiger partial charge < -0.3 is 10.1 Å². The average Bonchev–Trinajstić information content (AvgIpc) is 3.31. The van der Waals surface area contributed by atoms with E-state index in [4.69, 9.17) is 4.74 Å². The summed E-state index contributed by atoms with van der Waals surface area (Å²) in [5, 5.41) is 9.59. The van der Waals surface area contributed by atoms with Gasteiger partial charge in [0.15, 0.2) is 5.69 Å². The summed E-state index contributed by atoms with van der Waals surface area (Å²) in [4.78, 5) is 34.6. The molecule has 0 saturated heterocycles. The first-order chi connectivity index (χ1) is 16.9. The van der Waals surface area contributed by atoms with Gasteiger partial charge in [-0.2, -0.15) is 9.78 Å². The second-order valence-electron chi connectivity index (χ2n) is 7.42. The molecule has 0 unspecified atom stereocenters. The summed E-state index contributed by atoms with van der Waals surface area (Å²) >= 11 is 4.67. The van der Waals surface area contributed by atoms with E-state index >= 15 is 0 Å². The largest absolute Gasteiger partial charge is 0.438 e. The highest BCUT2D eigenvalue weighted by Crippen LogP contribution is 2.30. The lowest BCUT2D eigenvalue weighted by Crippen LogP contribution is -2.27. The van der Waals surface area contributed by atoms with E-state index < -0.39 is 17.3 Å². The summed E-state index contributed by atoms with van der Waals surface area (Å²) < 4.78 is 21.7. The van der Waals surface area contributed by atoms with Crippen molar-refractivity contribution in [3.05, 3.63) is 98.2 Å². The zero-order valence-electron chi connectivity index (χ0n) is 18.0. The second kappa shape index (κ2) is 9.35. The molecule has 5 rings (SSSR count). The summed E-state index contributed by atoms with van der Waals surface area (Å²) in [7, 11) is 0. The number of anilines is 1. The molecule has 8 nitrogen and oxygen atoms in total. The van der Waals surface area contributed by atoms with E-state index in [1.54, 1.807) is 37.3 Å². The van der Waals surface area contributed by atoms with E-state index in [2.05, 4.69) is 36.3 Å². The van der Waals surface area contributed by atoms with Crippen LogP contribution >= 0.6 is 27.3 Å². The summed E-state index contributed by atoms with van der Waals surface area (Å²) in [6, 6.07) is 14.1. The smallest absolute Gasteiger partial charge is 0.276 e. The first kappa shape index (κ1) is 22.8. The van der Waals surface area contributed by atoms with Crippen LogP contribution < -0.4 is 15.6 Å². The maximum absolute atomic E-state index is 14.4. The molecule has 5 aromatic rings. The third kappa shape index (κ3) is 4.68. The van der Waals surface area contributed by atoms with Crippen LogP contribution in [0.15, 0.2) is 75.6 Å². The molecule has 35 heavy (non-hydrogen) atoms. The van der Waals surface area contributed by atoms with E-state index in [0.29, 0.717) is 27.4 Å². The average molecular weight is 552 g/mol. The highest BCUT2D eigenvalue weighted by Gasteiger charge is 2.17. The minimum Gasteiger partial charge on any atom is -0.438 e.